The molecule has 1 saturated heterocycles. The van der Waals surface area contributed by atoms with E-state index in [1.165, 1.54) is 11.1 Å². The highest BCUT2D eigenvalue weighted by atomic mass is 16.5. The van der Waals surface area contributed by atoms with E-state index in [0.717, 1.165) is 26.2 Å². The van der Waals surface area contributed by atoms with Gasteiger partial charge in [0.15, 0.2) is 0 Å². The van der Waals surface area contributed by atoms with Crippen molar-refractivity contribution in [3.63, 3.8) is 0 Å². The van der Waals surface area contributed by atoms with Gasteiger partial charge in [-0.25, -0.2) is 0 Å². The normalized spacial score (nSPS) is 22.9. The molecule has 0 aromatic carbocycles. The topological polar surface area (TPSA) is 34.2 Å². The van der Waals surface area contributed by atoms with Crippen LogP contribution in [0.5, 0.6) is 0 Å². The molecule has 3 heteroatoms. The first-order valence-corrected chi connectivity index (χ1v) is 6.30. The first-order chi connectivity index (χ1) is 8.09. The van der Waals surface area contributed by atoms with Crippen molar-refractivity contribution in [2.45, 2.75) is 33.2 Å². The van der Waals surface area contributed by atoms with E-state index in [-0.39, 0.29) is 5.41 Å². The first kappa shape index (κ1) is 12.5. The molecule has 0 bridgehead atoms. The number of rotatable bonds is 4. The van der Waals surface area contributed by atoms with Crippen LogP contribution in [-0.4, -0.2) is 30.8 Å². The van der Waals surface area contributed by atoms with Crippen LogP contribution in [0.3, 0.4) is 0 Å². The Bertz CT molecular complexity index is 376. The second-order valence-corrected chi connectivity index (χ2v) is 5.56. The fraction of sp³-hybridized carbons (Fsp3) is 0.643. The predicted octanol–water partition coefficient (Wildman–Crippen LogP) is 1.95. The average Bonchev–Trinajstić information content (AvgIpc) is 2.61. The quantitative estimate of drug-likeness (QED) is 0.864. The lowest BCUT2D eigenvalue weighted by molar-refractivity contribution is 0.166. The number of aromatic nitrogens is 1. The van der Waals surface area contributed by atoms with Crippen molar-refractivity contribution < 1.29 is 4.74 Å². The first-order valence-electron chi connectivity index (χ1n) is 6.30. The van der Waals surface area contributed by atoms with Crippen LogP contribution < -0.4 is 5.32 Å². The maximum absolute atomic E-state index is 5.53. The fourth-order valence-electron chi connectivity index (χ4n) is 2.26. The van der Waals surface area contributed by atoms with E-state index in [2.05, 4.69) is 37.1 Å². The van der Waals surface area contributed by atoms with Crippen molar-refractivity contribution in [1.82, 2.24) is 10.3 Å². The molecule has 1 atom stereocenters. The molecule has 0 spiro atoms. The number of hydrogen-bond acceptors (Lipinski definition) is 3. The van der Waals surface area contributed by atoms with E-state index < -0.39 is 0 Å². The molecule has 0 radical (unpaired) electrons. The van der Waals surface area contributed by atoms with Gasteiger partial charge in [-0.1, -0.05) is 13.8 Å². The van der Waals surface area contributed by atoms with E-state index in [0.29, 0.717) is 6.04 Å². The Labute approximate surface area is 104 Å². The highest BCUT2D eigenvalue weighted by Crippen LogP contribution is 2.27. The molecule has 0 saturated carbocycles. The van der Waals surface area contributed by atoms with Gasteiger partial charge in [0.05, 0.1) is 13.2 Å². The molecule has 1 aromatic heterocycles. The van der Waals surface area contributed by atoms with E-state index in [1.54, 1.807) is 0 Å². The Balaban J connectivity index is 1.82. The maximum atomic E-state index is 5.53. The van der Waals surface area contributed by atoms with Crippen molar-refractivity contribution in [1.29, 1.82) is 0 Å². The lowest BCUT2D eigenvalue weighted by Gasteiger charge is -2.25. The smallest absolute Gasteiger partial charge is 0.0626 e. The summed E-state index contributed by atoms with van der Waals surface area (Å²) < 4.78 is 5.53. The van der Waals surface area contributed by atoms with Crippen molar-refractivity contribution in [3.8, 4) is 0 Å². The molecular formula is C14H22N2O. The van der Waals surface area contributed by atoms with Crippen LogP contribution in [0.4, 0.5) is 0 Å². The van der Waals surface area contributed by atoms with E-state index in [1.807, 2.05) is 12.4 Å². The summed E-state index contributed by atoms with van der Waals surface area (Å²) in [5.41, 5.74) is 2.91. The summed E-state index contributed by atoms with van der Waals surface area (Å²) in [6.07, 6.45) is 4.85. The van der Waals surface area contributed by atoms with Gasteiger partial charge in [-0.05, 0) is 37.1 Å². The molecule has 1 fully saturated rings. The predicted molar refractivity (Wildman–Crippen MR) is 69.1 cm³/mol. The summed E-state index contributed by atoms with van der Waals surface area (Å²) in [7, 11) is 0. The minimum atomic E-state index is 0.257. The Morgan fingerprint density at radius 3 is 3.00 bits per heavy atom. The number of nitrogens with one attached hydrogen (secondary N) is 1. The van der Waals surface area contributed by atoms with Gasteiger partial charge >= 0.3 is 0 Å². The van der Waals surface area contributed by atoms with E-state index in [4.69, 9.17) is 4.74 Å². The number of nitrogens with zero attached hydrogens (tertiary/aromatic N) is 1. The van der Waals surface area contributed by atoms with Crippen LogP contribution in [0.1, 0.15) is 25.0 Å². The lowest BCUT2D eigenvalue weighted by Crippen LogP contribution is -2.41. The molecule has 2 rings (SSSR count). The Kier molecular flexibility index (Phi) is 3.79. The summed E-state index contributed by atoms with van der Waals surface area (Å²) in [5, 5.41) is 3.60. The monoisotopic (exact) mass is 234 g/mol. The average molecular weight is 234 g/mol. The molecule has 1 unspecified atom stereocenters. The minimum Gasteiger partial charge on any atom is -0.379 e. The number of aryl methyl sites for hydroxylation is 1. The minimum absolute atomic E-state index is 0.257. The highest BCUT2D eigenvalue weighted by molar-refractivity contribution is 5.21. The van der Waals surface area contributed by atoms with Crippen LogP contribution in [-0.2, 0) is 11.2 Å². The van der Waals surface area contributed by atoms with Gasteiger partial charge < -0.3 is 10.1 Å². The van der Waals surface area contributed by atoms with Crippen molar-refractivity contribution in [3.05, 3.63) is 29.6 Å². The number of pyridine rings is 1. The molecule has 2 heterocycles. The molecule has 94 valence electrons. The third-order valence-corrected chi connectivity index (χ3v) is 3.62. The Morgan fingerprint density at radius 2 is 2.35 bits per heavy atom. The van der Waals surface area contributed by atoms with Crippen LogP contribution in [0.2, 0.25) is 0 Å². The summed E-state index contributed by atoms with van der Waals surface area (Å²) in [6.45, 7) is 9.33. The van der Waals surface area contributed by atoms with Crippen molar-refractivity contribution in [2.24, 2.45) is 5.41 Å². The van der Waals surface area contributed by atoms with Gasteiger partial charge in [0, 0.05) is 23.9 Å². The van der Waals surface area contributed by atoms with Crippen LogP contribution in [0, 0.1) is 12.3 Å². The van der Waals surface area contributed by atoms with Gasteiger partial charge in [0.2, 0.25) is 0 Å². The summed E-state index contributed by atoms with van der Waals surface area (Å²) in [5.74, 6) is 0. The molecule has 1 N–H and O–H groups in total. The zero-order valence-electron chi connectivity index (χ0n) is 11.0. The van der Waals surface area contributed by atoms with Gasteiger partial charge in [0.1, 0.15) is 0 Å². The fourth-order valence-corrected chi connectivity index (χ4v) is 2.26. The molecule has 0 amide bonds. The van der Waals surface area contributed by atoms with E-state index >= 15 is 0 Å². The highest BCUT2D eigenvalue weighted by Gasteiger charge is 2.34. The van der Waals surface area contributed by atoms with E-state index in [9.17, 15) is 0 Å². The van der Waals surface area contributed by atoms with Crippen LogP contribution in [0.25, 0.3) is 0 Å². The number of ether oxygens (including phenoxy) is 1. The molecule has 17 heavy (non-hydrogen) atoms. The number of hydrogen-bond donors (Lipinski definition) is 1. The van der Waals surface area contributed by atoms with Gasteiger partial charge in [-0.3, -0.25) is 4.98 Å². The molecule has 1 aliphatic heterocycles. The van der Waals surface area contributed by atoms with Crippen LogP contribution >= 0.6 is 0 Å². The van der Waals surface area contributed by atoms with Crippen molar-refractivity contribution in [2.75, 3.05) is 19.8 Å². The zero-order chi connectivity index (χ0) is 12.3. The standard InChI is InChI=1S/C14H22N2O/c1-11-8-15-6-4-12(11)5-7-16-13-9-17-10-14(13,2)3/h4,6,8,13,16H,5,7,9-10H2,1-3H3. The largest absolute Gasteiger partial charge is 0.379 e. The molecule has 1 aromatic rings. The molecular weight excluding hydrogens is 212 g/mol. The van der Waals surface area contributed by atoms with Crippen LogP contribution in [0.15, 0.2) is 18.5 Å². The summed E-state index contributed by atoms with van der Waals surface area (Å²) in [6, 6.07) is 2.58. The zero-order valence-corrected chi connectivity index (χ0v) is 11.0. The second kappa shape index (κ2) is 5.15. The third kappa shape index (κ3) is 3.05. The van der Waals surface area contributed by atoms with Gasteiger partial charge in [0.25, 0.3) is 0 Å². The Morgan fingerprint density at radius 1 is 1.53 bits per heavy atom. The second-order valence-electron chi connectivity index (χ2n) is 5.56. The summed E-state index contributed by atoms with van der Waals surface area (Å²) in [4.78, 5) is 4.11. The third-order valence-electron chi connectivity index (χ3n) is 3.62. The lowest BCUT2D eigenvalue weighted by atomic mass is 9.88. The molecule has 3 nitrogen and oxygen atoms in total. The summed E-state index contributed by atoms with van der Waals surface area (Å²) >= 11 is 0. The van der Waals surface area contributed by atoms with Crippen molar-refractivity contribution >= 4 is 0 Å². The molecule has 1 aliphatic rings. The van der Waals surface area contributed by atoms with Gasteiger partial charge in [-0.2, -0.15) is 0 Å². The van der Waals surface area contributed by atoms with Gasteiger partial charge in [-0.15, -0.1) is 0 Å². The SMILES string of the molecule is Cc1cnccc1CCNC1COCC1(C)C. The molecule has 0 aliphatic carbocycles. The maximum Gasteiger partial charge on any atom is 0.0626 e. The Hall–Kier alpha value is -0.930.